The monoisotopic (exact) mass is 361 g/mol. The predicted molar refractivity (Wildman–Crippen MR) is 102 cm³/mol. The van der Waals surface area contributed by atoms with E-state index in [1.165, 1.54) is 5.56 Å². The third-order valence-corrected chi connectivity index (χ3v) is 4.34. The Hall–Kier alpha value is -1.73. The molecule has 0 aliphatic heterocycles. The first kappa shape index (κ1) is 23.3. The summed E-state index contributed by atoms with van der Waals surface area (Å²) in [6, 6.07) is 18.2. The molecule has 0 unspecified atom stereocenters. The average Bonchev–Trinajstić information content (AvgIpc) is 2.58. The van der Waals surface area contributed by atoms with Crippen LogP contribution in [-0.4, -0.2) is 31.0 Å². The molecule has 0 amide bonds. The standard InChI is InChI=1S/C22H29NO3.Li/c1-22(2,3)18-10-12-19(13-11-18)26-20(17-8-6-5-7-9-17)14-15-23(4)16-21(24)25;/h5-13,20H,14-16H2,1-4H3,(H,24,25);/q;+1/p-1/t20-;/m0./s1. The molecule has 0 fully saturated rings. The van der Waals surface area contributed by atoms with Gasteiger partial charge in [0.15, 0.2) is 0 Å². The van der Waals surface area contributed by atoms with Gasteiger partial charge in [-0.3, -0.25) is 0 Å². The summed E-state index contributed by atoms with van der Waals surface area (Å²) in [7, 11) is 1.77. The maximum absolute atomic E-state index is 10.7. The zero-order valence-electron chi connectivity index (χ0n) is 17.1. The molecule has 0 N–H and O–H groups in total. The van der Waals surface area contributed by atoms with E-state index in [0.29, 0.717) is 13.0 Å². The third-order valence-electron chi connectivity index (χ3n) is 4.34. The molecule has 27 heavy (non-hydrogen) atoms. The SMILES string of the molecule is CN(CC[C@H](Oc1ccc(C(C)(C)C)cc1)c1ccccc1)CC(=O)[O-].[Li+]. The fourth-order valence-corrected chi connectivity index (χ4v) is 2.80. The Morgan fingerprint density at radius 1 is 1.07 bits per heavy atom. The van der Waals surface area contributed by atoms with Crippen molar-refractivity contribution in [3.63, 3.8) is 0 Å². The van der Waals surface area contributed by atoms with Crippen molar-refractivity contribution in [3.8, 4) is 5.75 Å². The van der Waals surface area contributed by atoms with Crippen LogP contribution in [0, 0.1) is 0 Å². The third kappa shape index (κ3) is 7.80. The van der Waals surface area contributed by atoms with Gasteiger partial charge in [-0.25, -0.2) is 0 Å². The first-order valence-electron chi connectivity index (χ1n) is 8.96. The van der Waals surface area contributed by atoms with Crippen LogP contribution >= 0.6 is 0 Å². The molecule has 0 aliphatic carbocycles. The molecule has 0 radical (unpaired) electrons. The summed E-state index contributed by atoms with van der Waals surface area (Å²) in [6.07, 6.45) is 0.551. The summed E-state index contributed by atoms with van der Waals surface area (Å²) in [5.74, 6) is -0.253. The van der Waals surface area contributed by atoms with Gasteiger partial charge in [-0.2, -0.15) is 0 Å². The molecule has 140 valence electrons. The number of carbonyl (C=O) groups is 1. The Balaban J connectivity index is 0.00000364. The van der Waals surface area contributed by atoms with Crippen LogP contribution in [0.15, 0.2) is 54.6 Å². The van der Waals surface area contributed by atoms with Gasteiger partial charge in [-0.05, 0) is 35.7 Å². The Morgan fingerprint density at radius 3 is 2.19 bits per heavy atom. The largest absolute Gasteiger partial charge is 1.00 e. The summed E-state index contributed by atoms with van der Waals surface area (Å²) in [5, 5.41) is 10.7. The molecule has 5 heteroatoms. The number of rotatable bonds is 8. The first-order chi connectivity index (χ1) is 12.3. The fourth-order valence-electron chi connectivity index (χ4n) is 2.80. The molecular formula is C22H28LiNO3. The molecule has 0 bridgehead atoms. The molecule has 4 nitrogen and oxygen atoms in total. The minimum Gasteiger partial charge on any atom is -0.549 e. The summed E-state index contributed by atoms with van der Waals surface area (Å²) in [5.41, 5.74) is 2.44. The van der Waals surface area contributed by atoms with Gasteiger partial charge in [-0.1, -0.05) is 63.2 Å². The molecule has 0 spiro atoms. The number of carboxylic acids is 1. The van der Waals surface area contributed by atoms with Crippen molar-refractivity contribution in [2.45, 2.75) is 38.7 Å². The van der Waals surface area contributed by atoms with Crippen molar-refractivity contribution >= 4 is 5.97 Å². The van der Waals surface area contributed by atoms with Gasteiger partial charge in [0.05, 0.1) is 5.97 Å². The van der Waals surface area contributed by atoms with E-state index in [1.807, 2.05) is 42.5 Å². The normalized spacial score (nSPS) is 12.3. The van der Waals surface area contributed by atoms with Gasteiger partial charge in [0.25, 0.3) is 0 Å². The van der Waals surface area contributed by atoms with Crippen molar-refractivity contribution in [2.24, 2.45) is 0 Å². The summed E-state index contributed by atoms with van der Waals surface area (Å²) in [4.78, 5) is 12.5. The molecule has 1 atom stereocenters. The summed E-state index contributed by atoms with van der Waals surface area (Å²) < 4.78 is 6.23. The summed E-state index contributed by atoms with van der Waals surface area (Å²) >= 11 is 0. The van der Waals surface area contributed by atoms with Crippen LogP contribution < -0.4 is 28.7 Å². The van der Waals surface area contributed by atoms with Crippen LogP contribution in [-0.2, 0) is 10.2 Å². The van der Waals surface area contributed by atoms with E-state index in [4.69, 9.17) is 4.74 Å². The van der Waals surface area contributed by atoms with Crippen LogP contribution in [0.2, 0.25) is 0 Å². The number of hydrogen-bond donors (Lipinski definition) is 0. The predicted octanol–water partition coefficient (Wildman–Crippen LogP) is 0.180. The number of hydrogen-bond acceptors (Lipinski definition) is 4. The van der Waals surface area contributed by atoms with Crippen molar-refractivity contribution in [3.05, 3.63) is 65.7 Å². The van der Waals surface area contributed by atoms with Crippen molar-refractivity contribution in [1.29, 1.82) is 0 Å². The molecule has 2 aromatic rings. The van der Waals surface area contributed by atoms with Crippen molar-refractivity contribution in [2.75, 3.05) is 20.1 Å². The van der Waals surface area contributed by atoms with Gasteiger partial charge in [0.2, 0.25) is 0 Å². The second-order valence-corrected chi connectivity index (χ2v) is 7.69. The fraction of sp³-hybridized carbons (Fsp3) is 0.409. The van der Waals surface area contributed by atoms with Crippen LogP contribution in [0.1, 0.15) is 44.4 Å². The van der Waals surface area contributed by atoms with Crippen molar-refractivity contribution < 1.29 is 33.5 Å². The van der Waals surface area contributed by atoms with Gasteiger partial charge < -0.3 is 19.5 Å². The Morgan fingerprint density at radius 2 is 1.67 bits per heavy atom. The smallest absolute Gasteiger partial charge is 0.549 e. The molecule has 0 aromatic heterocycles. The Bertz CT molecular complexity index is 696. The van der Waals surface area contributed by atoms with E-state index >= 15 is 0 Å². The second kappa shape index (κ2) is 10.6. The van der Waals surface area contributed by atoms with E-state index in [-0.39, 0.29) is 36.9 Å². The Labute approximate surface area is 174 Å². The molecule has 0 heterocycles. The molecule has 2 rings (SSSR count). The average molecular weight is 361 g/mol. The molecule has 0 saturated heterocycles. The van der Waals surface area contributed by atoms with Crippen LogP contribution in [0.4, 0.5) is 0 Å². The number of nitrogens with zero attached hydrogens (tertiary/aromatic N) is 1. The van der Waals surface area contributed by atoms with Crippen molar-refractivity contribution in [1.82, 2.24) is 4.90 Å². The Kier molecular flexibility index (Phi) is 9.12. The van der Waals surface area contributed by atoms with E-state index in [0.717, 1.165) is 11.3 Å². The maximum Gasteiger partial charge on any atom is 1.00 e. The maximum atomic E-state index is 10.7. The second-order valence-electron chi connectivity index (χ2n) is 7.69. The number of benzene rings is 2. The molecule has 2 aromatic carbocycles. The van der Waals surface area contributed by atoms with Gasteiger partial charge in [-0.15, -0.1) is 0 Å². The summed E-state index contributed by atoms with van der Waals surface area (Å²) in [6.45, 7) is 7.07. The number of likely N-dealkylation sites (N-methyl/N-ethyl adjacent to an activating group) is 1. The zero-order valence-corrected chi connectivity index (χ0v) is 17.1. The molecule has 0 aliphatic rings. The minimum atomic E-state index is -1.07. The van der Waals surface area contributed by atoms with E-state index in [9.17, 15) is 9.90 Å². The number of ether oxygens (including phenoxy) is 1. The van der Waals surface area contributed by atoms with E-state index in [1.54, 1.807) is 11.9 Å². The number of aliphatic carboxylic acids is 1. The van der Waals surface area contributed by atoms with E-state index < -0.39 is 5.97 Å². The van der Waals surface area contributed by atoms with Gasteiger partial charge in [0.1, 0.15) is 11.9 Å². The van der Waals surface area contributed by atoms with Crippen LogP contribution in [0.5, 0.6) is 5.75 Å². The molecular weight excluding hydrogens is 333 g/mol. The van der Waals surface area contributed by atoms with Crippen LogP contribution in [0.3, 0.4) is 0 Å². The topological polar surface area (TPSA) is 52.6 Å². The quantitative estimate of drug-likeness (QED) is 0.630. The van der Waals surface area contributed by atoms with Gasteiger partial charge in [0, 0.05) is 19.5 Å². The number of carbonyl (C=O) groups excluding carboxylic acids is 1. The number of carboxylic acid groups (broad SMARTS) is 1. The van der Waals surface area contributed by atoms with E-state index in [2.05, 4.69) is 32.9 Å². The molecule has 0 saturated carbocycles. The van der Waals surface area contributed by atoms with Gasteiger partial charge >= 0.3 is 18.9 Å². The minimum absolute atomic E-state index is 0. The zero-order chi connectivity index (χ0) is 19.2. The first-order valence-corrected chi connectivity index (χ1v) is 8.96. The van der Waals surface area contributed by atoms with Crippen LogP contribution in [0.25, 0.3) is 0 Å².